The van der Waals surface area contributed by atoms with E-state index in [-0.39, 0.29) is 12.3 Å². The molecule has 1 aromatic rings. The van der Waals surface area contributed by atoms with Gasteiger partial charge < -0.3 is 20.7 Å². The maximum atomic E-state index is 9.83. The summed E-state index contributed by atoms with van der Waals surface area (Å²) in [5.41, 5.74) is 6.48. The molecule has 5 heteroatoms. The summed E-state index contributed by atoms with van der Waals surface area (Å²) in [6, 6.07) is 1.64. The fourth-order valence-electron chi connectivity index (χ4n) is 1.36. The zero-order chi connectivity index (χ0) is 11.6. The number of methoxy groups -OCH3 is 1. The lowest BCUT2D eigenvalue weighted by Gasteiger charge is -2.16. The van der Waals surface area contributed by atoms with Gasteiger partial charge in [-0.05, 0) is 13.0 Å². The number of phenolic OH excluding ortho intramolecular Hbond substituents is 1. The van der Waals surface area contributed by atoms with Gasteiger partial charge in [0.2, 0.25) is 0 Å². The number of ether oxygens (including phenoxy) is 1. The van der Waals surface area contributed by atoms with Gasteiger partial charge in [-0.1, -0.05) is 15.9 Å². The van der Waals surface area contributed by atoms with Crippen LogP contribution < -0.4 is 10.5 Å². The predicted octanol–water partition coefficient (Wildman–Crippen LogP) is 1.46. The molecule has 1 aromatic carbocycles. The number of hydrogen-bond donors (Lipinski definition) is 3. The van der Waals surface area contributed by atoms with Gasteiger partial charge in [0.15, 0.2) is 11.5 Å². The topological polar surface area (TPSA) is 75.7 Å². The Balaban J connectivity index is 3.36. The summed E-state index contributed by atoms with van der Waals surface area (Å²) >= 11 is 3.33. The molecular weight excluding hydrogens is 262 g/mol. The first-order chi connectivity index (χ1) is 7.02. The van der Waals surface area contributed by atoms with Crippen molar-refractivity contribution < 1.29 is 14.9 Å². The monoisotopic (exact) mass is 275 g/mol. The fourth-order valence-corrected chi connectivity index (χ4v) is 1.79. The number of benzene rings is 1. The van der Waals surface area contributed by atoms with E-state index in [1.54, 1.807) is 13.0 Å². The van der Waals surface area contributed by atoms with Crippen molar-refractivity contribution in [3.05, 3.63) is 21.7 Å². The average molecular weight is 276 g/mol. The molecule has 15 heavy (non-hydrogen) atoms. The maximum Gasteiger partial charge on any atom is 0.164 e. The molecule has 0 spiro atoms. The van der Waals surface area contributed by atoms with Crippen molar-refractivity contribution in [1.82, 2.24) is 0 Å². The van der Waals surface area contributed by atoms with E-state index in [1.807, 2.05) is 0 Å². The Kier molecular flexibility index (Phi) is 3.96. The minimum atomic E-state index is -0.893. The molecule has 4 N–H and O–H groups in total. The highest BCUT2D eigenvalue weighted by atomic mass is 79.9. The first-order valence-electron chi connectivity index (χ1n) is 4.47. The molecule has 84 valence electrons. The standard InChI is InChI=1S/C10H14BrNO3/c1-5-7(11)3-6(8(13)4-12)9(14)10(5)15-2/h3,8,13-14H,4,12H2,1-2H3. The van der Waals surface area contributed by atoms with E-state index < -0.39 is 6.10 Å². The zero-order valence-corrected chi connectivity index (χ0v) is 10.2. The van der Waals surface area contributed by atoms with Crippen molar-refractivity contribution in [1.29, 1.82) is 0 Å². The summed E-state index contributed by atoms with van der Waals surface area (Å²) in [4.78, 5) is 0. The van der Waals surface area contributed by atoms with Gasteiger partial charge in [0.25, 0.3) is 0 Å². The number of nitrogens with two attached hydrogens (primary N) is 1. The Morgan fingerprint density at radius 1 is 1.60 bits per heavy atom. The molecule has 0 aromatic heterocycles. The Bertz CT molecular complexity index is 368. The molecule has 0 amide bonds. The fraction of sp³-hybridized carbons (Fsp3) is 0.400. The molecule has 0 aliphatic carbocycles. The Hall–Kier alpha value is -0.780. The van der Waals surface area contributed by atoms with Crippen LogP contribution in [0.25, 0.3) is 0 Å². The summed E-state index contributed by atoms with van der Waals surface area (Å²) in [5, 5.41) is 19.4. The predicted molar refractivity (Wildman–Crippen MR) is 61.1 cm³/mol. The van der Waals surface area contributed by atoms with Crippen LogP contribution in [-0.4, -0.2) is 23.9 Å². The van der Waals surface area contributed by atoms with E-state index in [0.29, 0.717) is 11.3 Å². The summed E-state index contributed by atoms with van der Waals surface area (Å²) in [5.74, 6) is 0.294. The lowest BCUT2D eigenvalue weighted by atomic mass is 10.0. The first-order valence-corrected chi connectivity index (χ1v) is 5.26. The number of rotatable bonds is 3. The molecule has 0 saturated heterocycles. The molecule has 0 bridgehead atoms. The molecule has 0 saturated carbocycles. The number of aliphatic hydroxyl groups is 1. The molecule has 0 fully saturated rings. The molecule has 0 heterocycles. The quantitative estimate of drug-likeness (QED) is 0.781. The number of aliphatic hydroxyl groups excluding tert-OH is 1. The summed E-state index contributed by atoms with van der Waals surface area (Å²) in [6.45, 7) is 1.85. The molecule has 0 aliphatic heterocycles. The van der Waals surface area contributed by atoms with E-state index in [0.717, 1.165) is 10.0 Å². The molecule has 0 radical (unpaired) electrons. The van der Waals surface area contributed by atoms with E-state index in [2.05, 4.69) is 15.9 Å². The molecule has 0 aliphatic rings. The van der Waals surface area contributed by atoms with Crippen molar-refractivity contribution in [3.63, 3.8) is 0 Å². The van der Waals surface area contributed by atoms with E-state index in [9.17, 15) is 10.2 Å². The van der Waals surface area contributed by atoms with Crippen LogP contribution in [-0.2, 0) is 0 Å². The number of phenols is 1. The van der Waals surface area contributed by atoms with Gasteiger partial charge in [-0.3, -0.25) is 0 Å². The molecule has 1 atom stereocenters. The van der Waals surface area contributed by atoms with Gasteiger partial charge in [-0.15, -0.1) is 0 Å². The van der Waals surface area contributed by atoms with Gasteiger partial charge in [-0.2, -0.15) is 0 Å². The van der Waals surface area contributed by atoms with Crippen LogP contribution in [0.2, 0.25) is 0 Å². The second kappa shape index (κ2) is 4.83. The minimum absolute atomic E-state index is 0.0478. The highest BCUT2D eigenvalue weighted by Crippen LogP contribution is 2.40. The second-order valence-corrected chi connectivity index (χ2v) is 4.06. The smallest absolute Gasteiger partial charge is 0.164 e. The largest absolute Gasteiger partial charge is 0.504 e. The lowest BCUT2D eigenvalue weighted by Crippen LogP contribution is -2.12. The maximum absolute atomic E-state index is 9.83. The SMILES string of the molecule is COc1c(C)c(Br)cc(C(O)CN)c1O. The first kappa shape index (κ1) is 12.3. The van der Waals surface area contributed by atoms with Gasteiger partial charge in [0.05, 0.1) is 13.2 Å². The summed E-state index contributed by atoms with van der Waals surface area (Å²) in [7, 11) is 1.47. The van der Waals surface area contributed by atoms with Gasteiger partial charge in [0.1, 0.15) is 0 Å². The molecule has 1 unspecified atom stereocenters. The van der Waals surface area contributed by atoms with Crippen molar-refractivity contribution in [3.8, 4) is 11.5 Å². The van der Waals surface area contributed by atoms with Crippen LogP contribution in [0.15, 0.2) is 10.5 Å². The van der Waals surface area contributed by atoms with Crippen LogP contribution in [0.3, 0.4) is 0 Å². The highest BCUT2D eigenvalue weighted by molar-refractivity contribution is 9.10. The third-order valence-electron chi connectivity index (χ3n) is 2.26. The van der Waals surface area contributed by atoms with Crippen LogP contribution in [0, 0.1) is 6.92 Å². The van der Waals surface area contributed by atoms with Crippen LogP contribution >= 0.6 is 15.9 Å². The number of hydrogen-bond acceptors (Lipinski definition) is 4. The normalized spacial score (nSPS) is 12.6. The Labute approximate surface area is 96.8 Å². The van der Waals surface area contributed by atoms with Crippen LogP contribution in [0.5, 0.6) is 11.5 Å². The van der Waals surface area contributed by atoms with E-state index in [4.69, 9.17) is 10.5 Å². The Morgan fingerprint density at radius 3 is 2.67 bits per heavy atom. The molecule has 4 nitrogen and oxygen atoms in total. The van der Waals surface area contributed by atoms with Gasteiger partial charge in [0, 0.05) is 22.1 Å². The van der Waals surface area contributed by atoms with Gasteiger partial charge >= 0.3 is 0 Å². The van der Waals surface area contributed by atoms with Crippen molar-refractivity contribution in [2.75, 3.05) is 13.7 Å². The number of halogens is 1. The second-order valence-electron chi connectivity index (χ2n) is 3.21. The number of aromatic hydroxyl groups is 1. The molecule has 1 rings (SSSR count). The third-order valence-corrected chi connectivity index (χ3v) is 3.08. The minimum Gasteiger partial charge on any atom is -0.504 e. The lowest BCUT2D eigenvalue weighted by molar-refractivity contribution is 0.181. The van der Waals surface area contributed by atoms with E-state index >= 15 is 0 Å². The van der Waals surface area contributed by atoms with Crippen molar-refractivity contribution in [2.45, 2.75) is 13.0 Å². The van der Waals surface area contributed by atoms with Crippen molar-refractivity contribution in [2.24, 2.45) is 5.73 Å². The van der Waals surface area contributed by atoms with Crippen LogP contribution in [0.1, 0.15) is 17.2 Å². The Morgan fingerprint density at radius 2 is 2.20 bits per heavy atom. The summed E-state index contributed by atoms with van der Waals surface area (Å²) < 4.78 is 5.82. The van der Waals surface area contributed by atoms with Crippen molar-refractivity contribution >= 4 is 15.9 Å². The molecular formula is C10H14BrNO3. The highest BCUT2D eigenvalue weighted by Gasteiger charge is 2.18. The van der Waals surface area contributed by atoms with E-state index in [1.165, 1.54) is 7.11 Å². The van der Waals surface area contributed by atoms with Crippen LogP contribution in [0.4, 0.5) is 0 Å². The van der Waals surface area contributed by atoms with Gasteiger partial charge in [-0.25, -0.2) is 0 Å². The average Bonchev–Trinajstić information content (AvgIpc) is 2.23. The zero-order valence-electron chi connectivity index (χ0n) is 8.62. The summed E-state index contributed by atoms with van der Waals surface area (Å²) in [6.07, 6.45) is -0.893. The third kappa shape index (κ3) is 2.25.